The third-order valence-corrected chi connectivity index (χ3v) is 2.56. The molecule has 0 aromatic carbocycles. The molecule has 3 unspecified atom stereocenters. The molecule has 0 aromatic heterocycles. The fourth-order valence-corrected chi connectivity index (χ4v) is 1.77. The molecule has 0 aromatic rings. The highest BCUT2D eigenvalue weighted by molar-refractivity contribution is 4.80. The van der Waals surface area contributed by atoms with Crippen molar-refractivity contribution < 1.29 is 18.9 Å². The average Bonchev–Trinajstić information content (AvgIpc) is 2.20. The quantitative estimate of drug-likeness (QED) is 0.689. The predicted molar refractivity (Wildman–Crippen MR) is 52.2 cm³/mol. The van der Waals surface area contributed by atoms with Crippen molar-refractivity contribution in [1.29, 1.82) is 0 Å². The summed E-state index contributed by atoms with van der Waals surface area (Å²) >= 11 is 0. The first-order valence-corrected chi connectivity index (χ1v) is 5.05. The maximum absolute atomic E-state index is 5.63. The molecule has 1 rings (SSSR count). The molecule has 84 valence electrons. The fourth-order valence-electron chi connectivity index (χ4n) is 1.77. The van der Waals surface area contributed by atoms with E-state index < -0.39 is 0 Å². The highest BCUT2D eigenvalue weighted by atomic mass is 16.7. The van der Waals surface area contributed by atoms with Crippen LogP contribution in [0.15, 0.2) is 0 Å². The van der Waals surface area contributed by atoms with Gasteiger partial charge in [-0.15, -0.1) is 0 Å². The van der Waals surface area contributed by atoms with E-state index in [1.807, 2.05) is 13.8 Å². The number of rotatable bonds is 4. The third kappa shape index (κ3) is 2.67. The summed E-state index contributed by atoms with van der Waals surface area (Å²) in [5.41, 5.74) is 0. The van der Waals surface area contributed by atoms with Crippen LogP contribution in [0.4, 0.5) is 0 Å². The van der Waals surface area contributed by atoms with Gasteiger partial charge in [0.2, 0.25) is 0 Å². The van der Waals surface area contributed by atoms with E-state index in [2.05, 4.69) is 0 Å². The van der Waals surface area contributed by atoms with Gasteiger partial charge in [0.15, 0.2) is 6.29 Å². The van der Waals surface area contributed by atoms with Gasteiger partial charge in [0.05, 0.1) is 12.2 Å². The summed E-state index contributed by atoms with van der Waals surface area (Å²) in [5, 5.41) is 0. The molecule has 1 aliphatic heterocycles. The van der Waals surface area contributed by atoms with Gasteiger partial charge < -0.3 is 18.9 Å². The molecule has 1 saturated heterocycles. The molecular formula is C10H20O4. The summed E-state index contributed by atoms with van der Waals surface area (Å²) in [6.45, 7) is 4.62. The lowest BCUT2D eigenvalue weighted by Crippen LogP contribution is -2.48. The Kier molecular flexibility index (Phi) is 4.81. The van der Waals surface area contributed by atoms with Crippen LogP contribution in [0.25, 0.3) is 0 Å². The van der Waals surface area contributed by atoms with Crippen LogP contribution in [0.1, 0.15) is 20.3 Å². The second kappa shape index (κ2) is 5.66. The molecule has 14 heavy (non-hydrogen) atoms. The topological polar surface area (TPSA) is 36.9 Å². The summed E-state index contributed by atoms with van der Waals surface area (Å²) in [7, 11) is 3.33. The number of ether oxygens (including phenoxy) is 4. The SMILES string of the molecule is CCOC1C[C@H](OC)C(C)OC1OC. The van der Waals surface area contributed by atoms with E-state index in [0.717, 1.165) is 6.42 Å². The Balaban J connectivity index is 2.54. The van der Waals surface area contributed by atoms with E-state index in [4.69, 9.17) is 18.9 Å². The molecule has 4 nitrogen and oxygen atoms in total. The lowest BCUT2D eigenvalue weighted by Gasteiger charge is -2.38. The highest BCUT2D eigenvalue weighted by Gasteiger charge is 2.36. The molecule has 0 N–H and O–H groups in total. The Labute approximate surface area is 85.5 Å². The molecule has 1 heterocycles. The van der Waals surface area contributed by atoms with Crippen molar-refractivity contribution >= 4 is 0 Å². The lowest BCUT2D eigenvalue weighted by molar-refractivity contribution is -0.264. The maximum atomic E-state index is 5.63. The summed E-state index contributed by atoms with van der Waals surface area (Å²) in [4.78, 5) is 0. The highest BCUT2D eigenvalue weighted by Crippen LogP contribution is 2.24. The molecule has 0 radical (unpaired) electrons. The number of hydrogen-bond acceptors (Lipinski definition) is 4. The van der Waals surface area contributed by atoms with Gasteiger partial charge in [-0.05, 0) is 13.8 Å². The summed E-state index contributed by atoms with van der Waals surface area (Å²) < 4.78 is 21.7. The van der Waals surface area contributed by atoms with E-state index in [-0.39, 0.29) is 24.6 Å². The smallest absolute Gasteiger partial charge is 0.183 e. The van der Waals surface area contributed by atoms with Crippen LogP contribution < -0.4 is 0 Å². The maximum Gasteiger partial charge on any atom is 0.183 e. The molecule has 1 aliphatic rings. The Hall–Kier alpha value is -0.160. The Morgan fingerprint density at radius 2 is 1.93 bits per heavy atom. The number of methoxy groups -OCH3 is 2. The van der Waals surface area contributed by atoms with Gasteiger partial charge in [0.25, 0.3) is 0 Å². The van der Waals surface area contributed by atoms with Gasteiger partial charge in [0, 0.05) is 27.2 Å². The Bertz CT molecular complexity index is 162. The molecule has 0 aliphatic carbocycles. The second-order valence-electron chi connectivity index (χ2n) is 3.45. The monoisotopic (exact) mass is 204 g/mol. The minimum atomic E-state index is -0.267. The minimum absolute atomic E-state index is 0.0221. The van der Waals surface area contributed by atoms with Gasteiger partial charge in [-0.1, -0.05) is 0 Å². The van der Waals surface area contributed by atoms with Crippen LogP contribution in [0.3, 0.4) is 0 Å². The average molecular weight is 204 g/mol. The molecule has 0 bridgehead atoms. The first-order valence-electron chi connectivity index (χ1n) is 5.05. The second-order valence-corrected chi connectivity index (χ2v) is 3.45. The summed E-state index contributed by atoms with van der Waals surface area (Å²) in [6.07, 6.45) is 0.686. The van der Waals surface area contributed by atoms with E-state index in [1.165, 1.54) is 0 Å². The van der Waals surface area contributed by atoms with Gasteiger partial charge in [0.1, 0.15) is 6.10 Å². The van der Waals surface area contributed by atoms with Gasteiger partial charge in [-0.3, -0.25) is 0 Å². The van der Waals surface area contributed by atoms with Gasteiger partial charge in [-0.2, -0.15) is 0 Å². The van der Waals surface area contributed by atoms with Crippen LogP contribution in [0, 0.1) is 0 Å². The summed E-state index contributed by atoms with van der Waals surface area (Å²) in [5.74, 6) is 0. The molecule has 0 saturated carbocycles. The molecule has 1 fully saturated rings. The van der Waals surface area contributed by atoms with Crippen molar-refractivity contribution in [1.82, 2.24) is 0 Å². The normalized spacial score (nSPS) is 38.6. The lowest BCUT2D eigenvalue weighted by atomic mass is 10.0. The Morgan fingerprint density at radius 1 is 1.21 bits per heavy atom. The van der Waals surface area contributed by atoms with Crippen LogP contribution in [0.2, 0.25) is 0 Å². The van der Waals surface area contributed by atoms with E-state index >= 15 is 0 Å². The molecule has 0 spiro atoms. The van der Waals surface area contributed by atoms with Crippen LogP contribution in [-0.4, -0.2) is 45.4 Å². The van der Waals surface area contributed by atoms with Crippen LogP contribution in [0.5, 0.6) is 0 Å². The van der Waals surface area contributed by atoms with Crippen molar-refractivity contribution in [3.05, 3.63) is 0 Å². The summed E-state index contributed by atoms with van der Waals surface area (Å²) in [6, 6.07) is 0. The van der Waals surface area contributed by atoms with Gasteiger partial charge >= 0.3 is 0 Å². The molecule has 4 heteroatoms. The molecule has 4 atom stereocenters. The first kappa shape index (κ1) is 11.9. The van der Waals surface area contributed by atoms with Crippen LogP contribution >= 0.6 is 0 Å². The fraction of sp³-hybridized carbons (Fsp3) is 1.00. The first-order chi connectivity index (χ1) is 6.72. The zero-order valence-corrected chi connectivity index (χ0v) is 9.36. The minimum Gasteiger partial charge on any atom is -0.379 e. The van der Waals surface area contributed by atoms with E-state index in [9.17, 15) is 0 Å². The third-order valence-electron chi connectivity index (χ3n) is 2.56. The predicted octanol–water partition coefficient (Wildman–Crippen LogP) is 1.19. The zero-order valence-electron chi connectivity index (χ0n) is 9.36. The van der Waals surface area contributed by atoms with E-state index in [0.29, 0.717) is 6.61 Å². The van der Waals surface area contributed by atoms with E-state index in [1.54, 1.807) is 14.2 Å². The molecule has 0 amide bonds. The van der Waals surface area contributed by atoms with Crippen molar-refractivity contribution in [2.45, 2.75) is 44.9 Å². The zero-order chi connectivity index (χ0) is 10.6. The standard InChI is InChI=1S/C10H20O4/c1-5-13-9-6-8(11-3)7(2)14-10(9)12-4/h7-10H,5-6H2,1-4H3/t7?,8-,9?,10?/m0/s1. The van der Waals surface area contributed by atoms with Gasteiger partial charge in [-0.25, -0.2) is 0 Å². The Morgan fingerprint density at radius 3 is 2.43 bits per heavy atom. The van der Waals surface area contributed by atoms with Crippen molar-refractivity contribution in [3.63, 3.8) is 0 Å². The molecular weight excluding hydrogens is 184 g/mol. The van der Waals surface area contributed by atoms with Crippen molar-refractivity contribution in [3.8, 4) is 0 Å². The van der Waals surface area contributed by atoms with Crippen molar-refractivity contribution in [2.24, 2.45) is 0 Å². The number of hydrogen-bond donors (Lipinski definition) is 0. The largest absolute Gasteiger partial charge is 0.379 e. The van der Waals surface area contributed by atoms with Crippen molar-refractivity contribution in [2.75, 3.05) is 20.8 Å². The van der Waals surface area contributed by atoms with Crippen LogP contribution in [-0.2, 0) is 18.9 Å².